The number of carbonyl (C=O) groups excluding carboxylic acids is 4. The fraction of sp³-hybridized carbons (Fsp3) is 0.200. The zero-order valence-electron chi connectivity index (χ0n) is 14.8. The highest BCUT2D eigenvalue weighted by atomic mass is 16.5. The molecule has 0 aliphatic rings. The second kappa shape index (κ2) is 11.0. The van der Waals surface area contributed by atoms with Crippen LogP contribution in [0.25, 0.3) is 0 Å². The Morgan fingerprint density at radius 2 is 1.18 bits per heavy atom. The number of ether oxygens (including phenoxy) is 2. The topological polar surface area (TPSA) is 111 Å². The van der Waals surface area contributed by atoms with Crippen molar-refractivity contribution in [2.75, 3.05) is 0 Å². The highest BCUT2D eigenvalue weighted by Crippen LogP contribution is 2.21. The predicted molar refractivity (Wildman–Crippen MR) is 98.2 cm³/mol. The number of isocyanates is 2. The first-order valence-electron chi connectivity index (χ1n) is 8.38. The molecule has 0 saturated carbocycles. The van der Waals surface area contributed by atoms with Gasteiger partial charge >= 0.3 is 11.9 Å². The van der Waals surface area contributed by atoms with Gasteiger partial charge in [-0.15, -0.1) is 0 Å². The Hall–Kier alpha value is -3.86. The van der Waals surface area contributed by atoms with E-state index in [4.69, 9.17) is 9.47 Å². The molecule has 0 saturated heterocycles. The molecule has 0 bridgehead atoms. The third kappa shape index (κ3) is 7.17. The molecule has 142 valence electrons. The molecule has 0 atom stereocenters. The van der Waals surface area contributed by atoms with Gasteiger partial charge in [0, 0.05) is 25.0 Å². The summed E-state index contributed by atoms with van der Waals surface area (Å²) in [6.07, 6.45) is 3.95. The number of rotatable bonds is 9. The fourth-order valence-electron chi connectivity index (χ4n) is 2.24. The van der Waals surface area contributed by atoms with Crippen molar-refractivity contribution >= 4 is 35.5 Å². The number of nitrogens with zero attached hydrogens (tertiary/aromatic N) is 2. The van der Waals surface area contributed by atoms with Gasteiger partial charge in [-0.3, -0.25) is 9.59 Å². The van der Waals surface area contributed by atoms with Crippen molar-refractivity contribution in [3.63, 3.8) is 0 Å². The van der Waals surface area contributed by atoms with Gasteiger partial charge in [0.25, 0.3) is 0 Å². The van der Waals surface area contributed by atoms with Crippen LogP contribution in [0.5, 0.6) is 11.5 Å². The van der Waals surface area contributed by atoms with Crippen molar-refractivity contribution in [1.82, 2.24) is 0 Å². The molecule has 2 aromatic carbocycles. The number of unbranched alkanes of at least 4 members (excludes halogenated alkanes) is 1. The summed E-state index contributed by atoms with van der Waals surface area (Å²) in [5, 5.41) is 0. The maximum Gasteiger partial charge on any atom is 0.311 e. The normalized spacial score (nSPS) is 9.57. The highest BCUT2D eigenvalue weighted by Gasteiger charge is 2.09. The third-order valence-corrected chi connectivity index (χ3v) is 3.46. The Balaban J connectivity index is 1.71. The molecule has 0 unspecified atom stereocenters. The number of hydrogen-bond donors (Lipinski definition) is 0. The first kappa shape index (κ1) is 20.5. The molecule has 0 N–H and O–H groups in total. The van der Waals surface area contributed by atoms with Gasteiger partial charge in [-0.2, -0.15) is 9.98 Å². The van der Waals surface area contributed by atoms with Crippen LogP contribution in [0.3, 0.4) is 0 Å². The van der Waals surface area contributed by atoms with Gasteiger partial charge in [-0.25, -0.2) is 9.59 Å². The largest absolute Gasteiger partial charge is 0.426 e. The van der Waals surface area contributed by atoms with Gasteiger partial charge in [0.2, 0.25) is 12.2 Å². The van der Waals surface area contributed by atoms with Crippen LogP contribution in [-0.2, 0) is 19.2 Å². The fourth-order valence-corrected chi connectivity index (χ4v) is 2.24. The summed E-state index contributed by atoms with van der Waals surface area (Å²) < 4.78 is 10.3. The van der Waals surface area contributed by atoms with E-state index in [2.05, 4.69) is 9.98 Å². The second-order valence-electron chi connectivity index (χ2n) is 5.56. The molecule has 0 heterocycles. The zero-order valence-corrected chi connectivity index (χ0v) is 14.8. The lowest BCUT2D eigenvalue weighted by atomic mass is 10.2. The van der Waals surface area contributed by atoms with Crippen LogP contribution in [0, 0.1) is 0 Å². The number of aliphatic imine (C=N–C) groups is 2. The van der Waals surface area contributed by atoms with Crippen molar-refractivity contribution in [3.8, 4) is 11.5 Å². The summed E-state index contributed by atoms with van der Waals surface area (Å²) in [6, 6.07) is 12.4. The predicted octanol–water partition coefficient (Wildman–Crippen LogP) is 3.69. The molecule has 0 spiro atoms. The quantitative estimate of drug-likeness (QED) is 0.216. The molecular weight excluding hydrogens is 364 g/mol. The number of carbonyl (C=O) groups is 2. The highest BCUT2D eigenvalue weighted by molar-refractivity contribution is 5.74. The Morgan fingerprint density at radius 1 is 0.750 bits per heavy atom. The SMILES string of the molecule is O=C=Nc1cccc(OC(=O)CCCCC(=O)Oc2cccc(N=C=O)c2)c1. The van der Waals surface area contributed by atoms with E-state index >= 15 is 0 Å². The second-order valence-corrected chi connectivity index (χ2v) is 5.56. The lowest BCUT2D eigenvalue weighted by molar-refractivity contribution is -0.136. The van der Waals surface area contributed by atoms with E-state index in [0.29, 0.717) is 24.2 Å². The van der Waals surface area contributed by atoms with Gasteiger partial charge in [-0.1, -0.05) is 12.1 Å². The molecule has 8 heteroatoms. The van der Waals surface area contributed by atoms with Crippen molar-refractivity contribution < 1.29 is 28.7 Å². The minimum atomic E-state index is -0.458. The minimum Gasteiger partial charge on any atom is -0.426 e. The maximum atomic E-state index is 11.8. The van der Waals surface area contributed by atoms with Gasteiger partial charge in [0.05, 0.1) is 11.4 Å². The first-order valence-corrected chi connectivity index (χ1v) is 8.38. The molecule has 0 amide bonds. The van der Waals surface area contributed by atoms with Crippen molar-refractivity contribution in [1.29, 1.82) is 0 Å². The van der Waals surface area contributed by atoms with E-state index in [0.717, 1.165) is 0 Å². The number of hydrogen-bond acceptors (Lipinski definition) is 8. The van der Waals surface area contributed by atoms with Crippen LogP contribution >= 0.6 is 0 Å². The van der Waals surface area contributed by atoms with Crippen LogP contribution in [0.2, 0.25) is 0 Å². The van der Waals surface area contributed by atoms with Crippen LogP contribution in [0.4, 0.5) is 11.4 Å². The summed E-state index contributed by atoms with van der Waals surface area (Å²) in [4.78, 5) is 51.0. The van der Waals surface area contributed by atoms with Gasteiger partial charge in [0.1, 0.15) is 11.5 Å². The zero-order chi connectivity index (χ0) is 20.2. The van der Waals surface area contributed by atoms with Gasteiger partial charge in [-0.05, 0) is 37.1 Å². The molecule has 8 nitrogen and oxygen atoms in total. The lowest BCUT2D eigenvalue weighted by Gasteiger charge is -2.06. The molecule has 0 fully saturated rings. The Labute approximate surface area is 160 Å². The van der Waals surface area contributed by atoms with Crippen LogP contribution in [-0.4, -0.2) is 24.1 Å². The standard InChI is InChI=1S/C20H16N2O6/c23-13-21-15-5-3-7-17(11-15)27-19(25)9-1-2-10-20(26)28-18-8-4-6-16(12-18)22-14-24/h3-8,11-12H,1-2,9-10H2. The Bertz CT molecular complexity index is 866. The van der Waals surface area contributed by atoms with Gasteiger partial charge in [0.15, 0.2) is 0 Å². The summed E-state index contributed by atoms with van der Waals surface area (Å²) >= 11 is 0. The van der Waals surface area contributed by atoms with E-state index in [-0.39, 0.29) is 24.3 Å². The lowest BCUT2D eigenvalue weighted by Crippen LogP contribution is -2.10. The van der Waals surface area contributed by atoms with E-state index in [1.165, 1.54) is 24.3 Å². The summed E-state index contributed by atoms with van der Waals surface area (Å²) in [6.45, 7) is 0. The van der Waals surface area contributed by atoms with Crippen LogP contribution in [0.15, 0.2) is 58.5 Å². The monoisotopic (exact) mass is 380 g/mol. The Morgan fingerprint density at radius 3 is 1.57 bits per heavy atom. The summed E-state index contributed by atoms with van der Waals surface area (Å²) in [7, 11) is 0. The molecule has 0 aliphatic carbocycles. The number of esters is 2. The van der Waals surface area contributed by atoms with Crippen molar-refractivity contribution in [2.45, 2.75) is 25.7 Å². The van der Waals surface area contributed by atoms with E-state index in [1.54, 1.807) is 36.4 Å². The molecular formula is C20H16N2O6. The van der Waals surface area contributed by atoms with Gasteiger partial charge < -0.3 is 9.47 Å². The minimum absolute atomic E-state index is 0.123. The molecule has 2 aromatic rings. The van der Waals surface area contributed by atoms with E-state index in [9.17, 15) is 19.2 Å². The van der Waals surface area contributed by atoms with E-state index in [1.807, 2.05) is 0 Å². The molecule has 0 aliphatic heterocycles. The third-order valence-electron chi connectivity index (χ3n) is 3.46. The van der Waals surface area contributed by atoms with Crippen molar-refractivity contribution in [3.05, 3.63) is 48.5 Å². The molecule has 0 aromatic heterocycles. The first-order chi connectivity index (χ1) is 13.6. The van der Waals surface area contributed by atoms with E-state index < -0.39 is 11.9 Å². The molecule has 0 radical (unpaired) electrons. The van der Waals surface area contributed by atoms with Crippen LogP contribution < -0.4 is 9.47 Å². The Kier molecular flexibility index (Phi) is 8.02. The van der Waals surface area contributed by atoms with Crippen LogP contribution in [0.1, 0.15) is 25.7 Å². The smallest absolute Gasteiger partial charge is 0.311 e. The molecule has 2 rings (SSSR count). The summed E-state index contributed by atoms with van der Waals surface area (Å²) in [5.41, 5.74) is 0.678. The average Bonchev–Trinajstić information content (AvgIpc) is 2.66. The summed E-state index contributed by atoms with van der Waals surface area (Å²) in [5.74, 6) is -0.363. The van der Waals surface area contributed by atoms with Crippen molar-refractivity contribution in [2.24, 2.45) is 9.98 Å². The maximum absolute atomic E-state index is 11.8. The average molecular weight is 380 g/mol. The molecule has 28 heavy (non-hydrogen) atoms. The number of benzene rings is 2.